The van der Waals surface area contributed by atoms with E-state index in [-0.39, 0.29) is 0 Å². The number of methoxy groups -OCH3 is 1. The second-order valence-corrected chi connectivity index (χ2v) is 4.14. The number of hydrogen-bond acceptors (Lipinski definition) is 4. The van der Waals surface area contributed by atoms with E-state index in [4.69, 9.17) is 9.26 Å². The molecule has 0 spiro atoms. The van der Waals surface area contributed by atoms with Crippen molar-refractivity contribution in [3.05, 3.63) is 17.5 Å². The van der Waals surface area contributed by atoms with Crippen LogP contribution >= 0.6 is 0 Å². The van der Waals surface area contributed by atoms with Crippen LogP contribution in [-0.2, 0) is 11.3 Å². The minimum atomic E-state index is 0.445. The first-order valence-corrected chi connectivity index (χ1v) is 5.45. The second-order valence-electron chi connectivity index (χ2n) is 4.14. The average molecular weight is 210 g/mol. The van der Waals surface area contributed by atoms with E-state index in [2.05, 4.69) is 10.1 Å². The number of hydrogen-bond donors (Lipinski definition) is 0. The van der Waals surface area contributed by atoms with E-state index >= 15 is 0 Å². The van der Waals surface area contributed by atoms with Crippen LogP contribution in [-0.4, -0.2) is 36.4 Å². The summed E-state index contributed by atoms with van der Waals surface area (Å²) in [5.74, 6) is 0.886. The molecule has 0 radical (unpaired) electrons. The van der Waals surface area contributed by atoms with Gasteiger partial charge in [0.2, 0.25) is 0 Å². The molecule has 4 nitrogen and oxygen atoms in total. The van der Waals surface area contributed by atoms with Gasteiger partial charge in [-0.3, -0.25) is 4.90 Å². The number of piperidine rings is 1. The summed E-state index contributed by atoms with van der Waals surface area (Å²) in [5, 5.41) is 4.00. The van der Waals surface area contributed by atoms with Crippen LogP contribution < -0.4 is 0 Å². The summed E-state index contributed by atoms with van der Waals surface area (Å²) < 4.78 is 10.4. The standard InChI is InChI=1S/C11H18N2O2/c1-9-7-10(12-15-9)8-13-5-3-11(14-2)4-6-13/h7,11H,3-6,8H2,1-2H3. The lowest BCUT2D eigenvalue weighted by Gasteiger charge is -2.30. The van der Waals surface area contributed by atoms with Gasteiger partial charge in [-0.2, -0.15) is 0 Å². The molecule has 1 fully saturated rings. The molecule has 1 aliphatic heterocycles. The number of ether oxygens (including phenoxy) is 1. The molecule has 0 aliphatic carbocycles. The van der Waals surface area contributed by atoms with Crippen LogP contribution in [0.5, 0.6) is 0 Å². The van der Waals surface area contributed by atoms with Crippen LogP contribution in [0.25, 0.3) is 0 Å². The van der Waals surface area contributed by atoms with Crippen LogP contribution in [0.4, 0.5) is 0 Å². The maximum Gasteiger partial charge on any atom is 0.133 e. The van der Waals surface area contributed by atoms with Crippen LogP contribution in [0.1, 0.15) is 24.3 Å². The summed E-state index contributed by atoms with van der Waals surface area (Å²) in [5.41, 5.74) is 1.03. The van der Waals surface area contributed by atoms with Gasteiger partial charge in [-0.05, 0) is 19.8 Å². The Labute approximate surface area is 90.2 Å². The van der Waals surface area contributed by atoms with Crippen molar-refractivity contribution < 1.29 is 9.26 Å². The van der Waals surface area contributed by atoms with Gasteiger partial charge >= 0.3 is 0 Å². The molecule has 0 amide bonds. The molecule has 2 heterocycles. The number of likely N-dealkylation sites (tertiary alicyclic amines) is 1. The normalized spacial score (nSPS) is 19.6. The quantitative estimate of drug-likeness (QED) is 0.759. The Morgan fingerprint density at radius 2 is 2.27 bits per heavy atom. The van der Waals surface area contributed by atoms with Crippen LogP contribution in [0, 0.1) is 6.92 Å². The highest BCUT2D eigenvalue weighted by molar-refractivity contribution is 5.03. The predicted octanol–water partition coefficient (Wildman–Crippen LogP) is 1.59. The summed E-state index contributed by atoms with van der Waals surface area (Å²) in [6, 6.07) is 2.00. The fourth-order valence-electron chi connectivity index (χ4n) is 2.02. The van der Waals surface area contributed by atoms with Gasteiger partial charge in [0.25, 0.3) is 0 Å². The minimum absolute atomic E-state index is 0.445. The third-order valence-electron chi connectivity index (χ3n) is 2.93. The Bertz CT molecular complexity index is 303. The molecule has 1 aliphatic rings. The van der Waals surface area contributed by atoms with E-state index in [1.54, 1.807) is 7.11 Å². The van der Waals surface area contributed by atoms with Crippen molar-refractivity contribution in [3.8, 4) is 0 Å². The van der Waals surface area contributed by atoms with E-state index in [9.17, 15) is 0 Å². The maximum absolute atomic E-state index is 5.33. The Kier molecular flexibility index (Phi) is 3.38. The van der Waals surface area contributed by atoms with Crippen molar-refractivity contribution in [1.82, 2.24) is 10.1 Å². The zero-order valence-electron chi connectivity index (χ0n) is 9.40. The van der Waals surface area contributed by atoms with Crippen LogP contribution in [0.2, 0.25) is 0 Å². The molecular weight excluding hydrogens is 192 g/mol. The Morgan fingerprint density at radius 1 is 1.53 bits per heavy atom. The molecule has 4 heteroatoms. The van der Waals surface area contributed by atoms with Crippen LogP contribution in [0.3, 0.4) is 0 Å². The fourth-order valence-corrected chi connectivity index (χ4v) is 2.02. The van der Waals surface area contributed by atoms with E-state index in [0.29, 0.717) is 6.10 Å². The lowest BCUT2D eigenvalue weighted by Crippen LogP contribution is -2.36. The highest BCUT2D eigenvalue weighted by Gasteiger charge is 2.19. The zero-order chi connectivity index (χ0) is 10.7. The van der Waals surface area contributed by atoms with Gasteiger partial charge in [-0.1, -0.05) is 5.16 Å². The van der Waals surface area contributed by atoms with Gasteiger partial charge in [-0.25, -0.2) is 0 Å². The summed E-state index contributed by atoms with van der Waals surface area (Å²) in [7, 11) is 1.79. The summed E-state index contributed by atoms with van der Waals surface area (Å²) >= 11 is 0. The molecule has 0 N–H and O–H groups in total. The first-order chi connectivity index (χ1) is 7.28. The molecule has 84 valence electrons. The van der Waals surface area contributed by atoms with Gasteiger partial charge in [-0.15, -0.1) is 0 Å². The van der Waals surface area contributed by atoms with Gasteiger partial charge in [0.1, 0.15) is 5.76 Å². The second kappa shape index (κ2) is 4.77. The maximum atomic E-state index is 5.33. The first-order valence-electron chi connectivity index (χ1n) is 5.45. The molecule has 0 saturated carbocycles. The minimum Gasteiger partial charge on any atom is -0.381 e. The molecule has 15 heavy (non-hydrogen) atoms. The van der Waals surface area contributed by atoms with Crippen molar-refractivity contribution in [1.29, 1.82) is 0 Å². The van der Waals surface area contributed by atoms with E-state index < -0.39 is 0 Å². The van der Waals surface area contributed by atoms with E-state index in [1.807, 2.05) is 13.0 Å². The molecule has 1 saturated heterocycles. The number of aromatic nitrogens is 1. The largest absolute Gasteiger partial charge is 0.381 e. The fraction of sp³-hybridized carbons (Fsp3) is 0.727. The molecular formula is C11H18N2O2. The van der Waals surface area contributed by atoms with E-state index in [1.165, 1.54) is 0 Å². The van der Waals surface area contributed by atoms with Crippen LogP contribution in [0.15, 0.2) is 10.6 Å². The van der Waals surface area contributed by atoms with Gasteiger partial charge in [0.15, 0.2) is 0 Å². The molecule has 0 unspecified atom stereocenters. The van der Waals surface area contributed by atoms with Crippen molar-refractivity contribution in [2.45, 2.75) is 32.4 Å². The Hall–Kier alpha value is -0.870. The van der Waals surface area contributed by atoms with Crippen molar-refractivity contribution in [2.75, 3.05) is 20.2 Å². The molecule has 1 aromatic heterocycles. The number of nitrogens with zero attached hydrogens (tertiary/aromatic N) is 2. The lowest BCUT2D eigenvalue weighted by atomic mass is 10.1. The number of rotatable bonds is 3. The first kappa shape index (κ1) is 10.6. The third kappa shape index (κ3) is 2.79. The molecule has 0 aromatic carbocycles. The number of aryl methyl sites for hydroxylation is 1. The predicted molar refractivity (Wildman–Crippen MR) is 56.5 cm³/mol. The zero-order valence-corrected chi connectivity index (χ0v) is 9.40. The monoisotopic (exact) mass is 210 g/mol. The summed E-state index contributed by atoms with van der Waals surface area (Å²) in [6.45, 7) is 5.00. The van der Waals surface area contributed by atoms with Gasteiger partial charge < -0.3 is 9.26 Å². The van der Waals surface area contributed by atoms with Crippen molar-refractivity contribution in [2.24, 2.45) is 0 Å². The van der Waals surface area contributed by atoms with Gasteiger partial charge in [0, 0.05) is 32.8 Å². The topological polar surface area (TPSA) is 38.5 Å². The summed E-state index contributed by atoms with van der Waals surface area (Å²) in [4.78, 5) is 2.40. The highest BCUT2D eigenvalue weighted by Crippen LogP contribution is 2.15. The van der Waals surface area contributed by atoms with Crippen molar-refractivity contribution >= 4 is 0 Å². The van der Waals surface area contributed by atoms with Crippen molar-refractivity contribution in [3.63, 3.8) is 0 Å². The Balaban J connectivity index is 1.82. The smallest absolute Gasteiger partial charge is 0.133 e. The van der Waals surface area contributed by atoms with Gasteiger partial charge in [0.05, 0.1) is 11.8 Å². The average Bonchev–Trinajstić information content (AvgIpc) is 2.65. The lowest BCUT2D eigenvalue weighted by molar-refractivity contribution is 0.0383. The molecule has 1 aromatic rings. The Morgan fingerprint density at radius 3 is 2.80 bits per heavy atom. The molecule has 0 bridgehead atoms. The third-order valence-corrected chi connectivity index (χ3v) is 2.93. The highest BCUT2D eigenvalue weighted by atomic mass is 16.5. The van der Waals surface area contributed by atoms with E-state index in [0.717, 1.165) is 43.9 Å². The summed E-state index contributed by atoms with van der Waals surface area (Å²) in [6.07, 6.45) is 2.68. The molecule has 0 atom stereocenters. The SMILES string of the molecule is COC1CCN(Cc2cc(C)on2)CC1. The molecule has 2 rings (SSSR count).